The minimum atomic E-state index is -0.254. The Hall–Kier alpha value is 1.63. The van der Waals surface area contributed by atoms with Crippen LogP contribution < -0.4 is 0 Å². The van der Waals surface area contributed by atoms with E-state index in [1.165, 1.54) is 0 Å². The van der Waals surface area contributed by atoms with E-state index in [0.717, 1.165) is 12.8 Å². The summed E-state index contributed by atoms with van der Waals surface area (Å²) in [5.41, 5.74) is 0. The summed E-state index contributed by atoms with van der Waals surface area (Å²) in [7, 11) is 0. The van der Waals surface area contributed by atoms with Crippen LogP contribution in [0.5, 0.6) is 0 Å². The summed E-state index contributed by atoms with van der Waals surface area (Å²) >= 11 is 0. The van der Waals surface area contributed by atoms with Crippen LogP contribution in [-0.2, 0) is 63.2 Å². The molecule has 0 aromatic carbocycles. The van der Waals surface area contributed by atoms with E-state index in [0.29, 0.717) is 30.3 Å². The van der Waals surface area contributed by atoms with Gasteiger partial charge in [0.1, 0.15) is 6.79 Å². The van der Waals surface area contributed by atoms with Crippen molar-refractivity contribution in [3.05, 3.63) is 0 Å². The molecule has 2 fully saturated rings. The molecule has 2 rings (SSSR count). The maximum atomic E-state index is 10.1. The van der Waals surface area contributed by atoms with Gasteiger partial charge in [0.2, 0.25) is 0 Å². The van der Waals surface area contributed by atoms with Gasteiger partial charge in [0.25, 0.3) is 0 Å². The van der Waals surface area contributed by atoms with E-state index in [1.54, 1.807) is 0 Å². The topological polar surface area (TPSA) is 58.9 Å². The van der Waals surface area contributed by atoms with Crippen molar-refractivity contribution in [1.29, 1.82) is 0 Å². The molecule has 2 aliphatic carbocycles. The zero-order chi connectivity index (χ0) is 15.6. The molecule has 133 valence electrons. The second-order valence-electron chi connectivity index (χ2n) is 7.46. The average molecular weight is 573 g/mol. The molecule has 0 spiro atoms. The third-order valence-corrected chi connectivity index (χ3v) is 6.06. The van der Waals surface area contributed by atoms with E-state index in [-0.39, 0.29) is 91.2 Å². The Kier molecular flexibility index (Phi) is 12.2. The van der Waals surface area contributed by atoms with Gasteiger partial charge in [-0.25, -0.2) is 0 Å². The normalized spacial score (nSPS) is 43.0. The van der Waals surface area contributed by atoms with Crippen LogP contribution in [0, 0.1) is 35.5 Å². The zero-order valence-electron chi connectivity index (χ0n) is 14.9. The summed E-state index contributed by atoms with van der Waals surface area (Å²) in [6, 6.07) is 0. The van der Waals surface area contributed by atoms with Gasteiger partial charge in [-0.3, -0.25) is 0 Å². The van der Waals surface area contributed by atoms with Gasteiger partial charge in [-0.15, -0.1) is 0 Å². The first-order chi connectivity index (χ1) is 9.95. The number of hydrogen-bond acceptors (Lipinski definition) is 4. The van der Waals surface area contributed by atoms with E-state index in [4.69, 9.17) is 9.47 Å². The van der Waals surface area contributed by atoms with Crippen LogP contribution in [0.25, 0.3) is 0 Å². The van der Waals surface area contributed by atoms with E-state index < -0.39 is 0 Å². The van der Waals surface area contributed by atoms with Gasteiger partial charge in [0, 0.05) is 72.2 Å². The van der Waals surface area contributed by atoms with E-state index in [2.05, 4.69) is 27.7 Å². The average Bonchev–Trinajstić information content (AvgIpc) is 2.88. The summed E-state index contributed by atoms with van der Waals surface area (Å²) < 4.78 is 11.5. The molecular weight excluding hydrogens is 541 g/mol. The van der Waals surface area contributed by atoms with Gasteiger partial charge < -0.3 is 19.7 Å². The first-order valence-corrected chi connectivity index (χ1v) is 8.44. The molecule has 1 radical (unpaired) electrons. The predicted octanol–water partition coefficient (Wildman–Crippen LogP) is 2.28. The van der Waals surface area contributed by atoms with Gasteiger partial charge >= 0.3 is 0 Å². The summed E-state index contributed by atoms with van der Waals surface area (Å²) in [5.74, 6) is 2.43. The maximum absolute atomic E-state index is 10.1. The fourth-order valence-corrected chi connectivity index (χ4v) is 4.14. The van der Waals surface area contributed by atoms with E-state index >= 15 is 0 Å². The van der Waals surface area contributed by atoms with Crippen molar-refractivity contribution in [2.75, 3.05) is 20.0 Å². The van der Waals surface area contributed by atoms with Crippen LogP contribution in [0.1, 0.15) is 40.5 Å². The van der Waals surface area contributed by atoms with Crippen molar-refractivity contribution in [2.45, 2.75) is 52.7 Å². The standard InChI is InChI=1S/C17H32O4.W.Y/c1-10-6-15(16(19)12(10)3)8-20-9-21-17-13(4)11(2)5-14(17)7-18;;/h10-19H,5-9H2,1-4H3;;. The third kappa shape index (κ3) is 6.08. The Morgan fingerprint density at radius 1 is 0.957 bits per heavy atom. The molecular formula is C17H32O4WY. The summed E-state index contributed by atoms with van der Waals surface area (Å²) in [6.07, 6.45) is 1.89. The summed E-state index contributed by atoms with van der Waals surface area (Å²) in [5, 5.41) is 19.6. The summed E-state index contributed by atoms with van der Waals surface area (Å²) in [4.78, 5) is 0. The third-order valence-electron chi connectivity index (χ3n) is 6.06. The number of hydrogen-bond donors (Lipinski definition) is 2. The fourth-order valence-electron chi connectivity index (χ4n) is 4.14. The molecule has 8 unspecified atom stereocenters. The molecule has 0 bridgehead atoms. The molecule has 6 heteroatoms. The largest absolute Gasteiger partial charge is 0.396 e. The maximum Gasteiger partial charge on any atom is 0.147 e. The molecule has 0 amide bonds. The van der Waals surface area contributed by atoms with Gasteiger partial charge in [-0.1, -0.05) is 27.7 Å². The molecule has 2 saturated carbocycles. The SMILES string of the molecule is CC1CC(COCOC2C(CO)CC(C)C2C)C(O)C1C.[W].[Y]. The first kappa shape index (κ1) is 24.6. The Bertz CT molecular complexity index is 334. The molecule has 0 aliphatic heterocycles. The first-order valence-electron chi connectivity index (χ1n) is 8.44. The molecule has 23 heavy (non-hydrogen) atoms. The quantitative estimate of drug-likeness (QED) is 0.379. The molecule has 0 saturated heterocycles. The predicted molar refractivity (Wildman–Crippen MR) is 81.7 cm³/mol. The van der Waals surface area contributed by atoms with Crippen molar-refractivity contribution >= 4 is 0 Å². The van der Waals surface area contributed by atoms with E-state index in [9.17, 15) is 10.2 Å². The number of aliphatic hydroxyl groups excluding tert-OH is 2. The van der Waals surface area contributed by atoms with E-state index in [1.807, 2.05) is 0 Å². The minimum Gasteiger partial charge on any atom is -0.396 e. The van der Waals surface area contributed by atoms with Gasteiger partial charge in [0.05, 0.1) is 18.8 Å². The van der Waals surface area contributed by atoms with Crippen LogP contribution in [0.15, 0.2) is 0 Å². The number of ether oxygens (including phenoxy) is 2. The molecule has 0 aromatic heterocycles. The number of aliphatic hydroxyl groups is 2. The van der Waals surface area contributed by atoms with Crippen molar-refractivity contribution in [3.8, 4) is 0 Å². The van der Waals surface area contributed by atoms with Crippen molar-refractivity contribution in [2.24, 2.45) is 35.5 Å². The molecule has 0 heterocycles. The Balaban J connectivity index is 0.00000242. The Morgan fingerprint density at radius 3 is 2.04 bits per heavy atom. The Morgan fingerprint density at radius 2 is 1.52 bits per heavy atom. The summed E-state index contributed by atoms with van der Waals surface area (Å²) in [6.45, 7) is 9.73. The molecule has 4 nitrogen and oxygen atoms in total. The van der Waals surface area contributed by atoms with Crippen molar-refractivity contribution < 1.29 is 73.5 Å². The van der Waals surface area contributed by atoms with Crippen LogP contribution >= 0.6 is 0 Å². The molecule has 8 atom stereocenters. The molecule has 2 aliphatic rings. The van der Waals surface area contributed by atoms with Crippen LogP contribution in [0.2, 0.25) is 0 Å². The minimum absolute atomic E-state index is 0. The van der Waals surface area contributed by atoms with Gasteiger partial charge in [-0.2, -0.15) is 0 Å². The second kappa shape index (κ2) is 11.4. The van der Waals surface area contributed by atoms with Crippen LogP contribution in [-0.4, -0.2) is 42.4 Å². The molecule has 2 N–H and O–H groups in total. The zero-order valence-corrected chi connectivity index (χ0v) is 20.6. The Labute approximate surface area is 180 Å². The van der Waals surface area contributed by atoms with Crippen molar-refractivity contribution in [3.63, 3.8) is 0 Å². The van der Waals surface area contributed by atoms with Gasteiger partial charge in [0.15, 0.2) is 0 Å². The van der Waals surface area contributed by atoms with Crippen LogP contribution in [0.3, 0.4) is 0 Å². The smallest absolute Gasteiger partial charge is 0.147 e. The van der Waals surface area contributed by atoms with Crippen molar-refractivity contribution in [1.82, 2.24) is 0 Å². The monoisotopic (exact) mass is 573 g/mol. The fraction of sp³-hybridized carbons (Fsp3) is 1.00. The van der Waals surface area contributed by atoms with Gasteiger partial charge in [-0.05, 0) is 36.5 Å². The molecule has 0 aromatic rings. The van der Waals surface area contributed by atoms with Crippen LogP contribution in [0.4, 0.5) is 0 Å². The second-order valence-corrected chi connectivity index (χ2v) is 7.46. The number of rotatable bonds is 6.